The van der Waals surface area contributed by atoms with Gasteiger partial charge < -0.3 is 10.5 Å². The van der Waals surface area contributed by atoms with E-state index in [1.165, 1.54) is 56.1 Å². The smallest absolute Gasteiger partial charge is 0.124 e. The minimum Gasteiger partial charge on any atom is -0.494 e. The Bertz CT molecular complexity index is 389. The van der Waals surface area contributed by atoms with E-state index in [0.717, 1.165) is 12.2 Å². The molecule has 0 heterocycles. The van der Waals surface area contributed by atoms with Crippen molar-refractivity contribution < 1.29 is 4.74 Å². The summed E-state index contributed by atoms with van der Waals surface area (Å²) < 4.78 is 5.70. The van der Waals surface area contributed by atoms with Gasteiger partial charge in [0.15, 0.2) is 0 Å². The lowest BCUT2D eigenvalue weighted by molar-refractivity contribution is 0.333. The van der Waals surface area contributed by atoms with Crippen molar-refractivity contribution >= 4 is 0 Å². The fraction of sp³-hybridized carbons (Fsp3) is 0.684. The van der Waals surface area contributed by atoms with Crippen LogP contribution >= 0.6 is 0 Å². The number of aryl methyl sites for hydroxylation is 1. The zero-order valence-corrected chi connectivity index (χ0v) is 14.2. The van der Waals surface area contributed by atoms with Crippen molar-refractivity contribution in [3.05, 3.63) is 29.3 Å². The lowest BCUT2D eigenvalue weighted by atomic mass is 9.98. The van der Waals surface area contributed by atoms with Crippen molar-refractivity contribution in [2.45, 2.75) is 78.2 Å². The Labute approximate surface area is 131 Å². The molecular formula is C19H33NO. The fourth-order valence-corrected chi connectivity index (χ4v) is 2.72. The molecule has 1 unspecified atom stereocenters. The molecule has 0 aliphatic heterocycles. The molecule has 2 N–H and O–H groups in total. The Hall–Kier alpha value is -1.02. The van der Waals surface area contributed by atoms with E-state index in [4.69, 9.17) is 10.5 Å². The van der Waals surface area contributed by atoms with Gasteiger partial charge in [-0.15, -0.1) is 0 Å². The molecule has 2 heteroatoms. The topological polar surface area (TPSA) is 35.2 Å². The number of hydrogen-bond acceptors (Lipinski definition) is 2. The molecule has 0 bridgehead atoms. The highest BCUT2D eigenvalue weighted by atomic mass is 16.5. The maximum atomic E-state index is 6.38. The predicted octanol–water partition coefficient (Wildman–Crippen LogP) is 5.53. The largest absolute Gasteiger partial charge is 0.494 e. The lowest BCUT2D eigenvalue weighted by Crippen LogP contribution is -2.12. The predicted molar refractivity (Wildman–Crippen MR) is 91.9 cm³/mol. The van der Waals surface area contributed by atoms with Gasteiger partial charge in [0, 0.05) is 11.6 Å². The van der Waals surface area contributed by atoms with Crippen molar-refractivity contribution in [3.63, 3.8) is 0 Å². The number of rotatable bonds is 11. The van der Waals surface area contributed by atoms with Gasteiger partial charge in [-0.05, 0) is 26.3 Å². The van der Waals surface area contributed by atoms with Crippen LogP contribution in [0.15, 0.2) is 18.2 Å². The molecule has 1 rings (SSSR count). The first-order valence-electron chi connectivity index (χ1n) is 8.68. The van der Waals surface area contributed by atoms with Crippen LogP contribution in [0.4, 0.5) is 0 Å². The van der Waals surface area contributed by atoms with Crippen LogP contribution in [-0.4, -0.2) is 6.61 Å². The summed E-state index contributed by atoms with van der Waals surface area (Å²) in [5, 5.41) is 0. The van der Waals surface area contributed by atoms with E-state index in [1.807, 2.05) is 6.92 Å². The van der Waals surface area contributed by atoms with Crippen LogP contribution < -0.4 is 10.5 Å². The normalized spacial score (nSPS) is 12.4. The Kier molecular flexibility index (Phi) is 9.16. The first-order valence-corrected chi connectivity index (χ1v) is 8.68. The highest BCUT2D eigenvalue weighted by Gasteiger charge is 2.12. The molecule has 0 amide bonds. The number of benzene rings is 1. The van der Waals surface area contributed by atoms with Gasteiger partial charge in [-0.2, -0.15) is 0 Å². The Morgan fingerprint density at radius 2 is 1.67 bits per heavy atom. The maximum absolute atomic E-state index is 6.38. The van der Waals surface area contributed by atoms with Crippen molar-refractivity contribution in [2.24, 2.45) is 5.73 Å². The van der Waals surface area contributed by atoms with Crippen LogP contribution in [-0.2, 0) is 0 Å². The zero-order valence-electron chi connectivity index (χ0n) is 14.2. The number of hydrogen-bond donors (Lipinski definition) is 1. The quantitative estimate of drug-likeness (QED) is 0.544. The van der Waals surface area contributed by atoms with E-state index >= 15 is 0 Å². The molecular weight excluding hydrogens is 258 g/mol. The SMILES string of the molecule is CCCCCCCCCC(N)c1cc(C)ccc1OCC. The molecule has 0 aliphatic carbocycles. The first-order chi connectivity index (χ1) is 10.2. The van der Waals surface area contributed by atoms with Gasteiger partial charge in [0.1, 0.15) is 5.75 Å². The van der Waals surface area contributed by atoms with E-state index < -0.39 is 0 Å². The average molecular weight is 291 g/mol. The molecule has 120 valence electrons. The number of nitrogens with two attached hydrogens (primary N) is 1. The summed E-state index contributed by atoms with van der Waals surface area (Å²) >= 11 is 0. The van der Waals surface area contributed by atoms with Crippen molar-refractivity contribution in [2.75, 3.05) is 6.61 Å². The molecule has 0 saturated heterocycles. The van der Waals surface area contributed by atoms with Crippen LogP contribution in [0, 0.1) is 6.92 Å². The molecule has 0 fully saturated rings. The minimum atomic E-state index is 0.0992. The van der Waals surface area contributed by atoms with E-state index in [1.54, 1.807) is 0 Å². The maximum Gasteiger partial charge on any atom is 0.124 e. The third-order valence-corrected chi connectivity index (χ3v) is 3.98. The van der Waals surface area contributed by atoms with Crippen molar-refractivity contribution in [3.8, 4) is 5.75 Å². The standard InChI is InChI=1S/C19H33NO/c1-4-6-7-8-9-10-11-12-18(20)17-15-16(3)13-14-19(17)21-5-2/h13-15,18H,4-12,20H2,1-3H3. The molecule has 1 atom stereocenters. The van der Waals surface area contributed by atoms with Crippen molar-refractivity contribution in [1.29, 1.82) is 0 Å². The van der Waals surface area contributed by atoms with E-state index in [0.29, 0.717) is 6.61 Å². The second kappa shape index (κ2) is 10.7. The van der Waals surface area contributed by atoms with Crippen LogP contribution in [0.2, 0.25) is 0 Å². The molecule has 0 spiro atoms. The highest BCUT2D eigenvalue weighted by molar-refractivity contribution is 5.39. The Morgan fingerprint density at radius 1 is 1.00 bits per heavy atom. The number of unbranched alkanes of at least 4 members (excludes halogenated alkanes) is 6. The Balaban J connectivity index is 2.37. The number of ether oxygens (including phenoxy) is 1. The second-order valence-electron chi connectivity index (χ2n) is 5.99. The van der Waals surface area contributed by atoms with Gasteiger partial charge in [0.25, 0.3) is 0 Å². The second-order valence-corrected chi connectivity index (χ2v) is 5.99. The summed E-state index contributed by atoms with van der Waals surface area (Å²) in [6.07, 6.45) is 10.4. The summed E-state index contributed by atoms with van der Waals surface area (Å²) in [7, 11) is 0. The summed E-state index contributed by atoms with van der Waals surface area (Å²) in [6.45, 7) is 7.09. The Morgan fingerprint density at radius 3 is 2.33 bits per heavy atom. The molecule has 0 radical (unpaired) electrons. The van der Waals surface area contributed by atoms with Gasteiger partial charge in [0.05, 0.1) is 6.61 Å². The van der Waals surface area contributed by atoms with Gasteiger partial charge >= 0.3 is 0 Å². The van der Waals surface area contributed by atoms with E-state index in [-0.39, 0.29) is 6.04 Å². The van der Waals surface area contributed by atoms with Crippen LogP contribution in [0.1, 0.15) is 82.4 Å². The minimum absolute atomic E-state index is 0.0992. The summed E-state index contributed by atoms with van der Waals surface area (Å²) in [5.41, 5.74) is 8.80. The van der Waals surface area contributed by atoms with E-state index in [9.17, 15) is 0 Å². The van der Waals surface area contributed by atoms with Gasteiger partial charge in [0.2, 0.25) is 0 Å². The molecule has 0 saturated carbocycles. The summed E-state index contributed by atoms with van der Waals surface area (Å²) in [4.78, 5) is 0. The third-order valence-electron chi connectivity index (χ3n) is 3.98. The molecule has 2 nitrogen and oxygen atoms in total. The van der Waals surface area contributed by atoms with Gasteiger partial charge in [-0.3, -0.25) is 0 Å². The van der Waals surface area contributed by atoms with Crippen LogP contribution in [0.5, 0.6) is 5.75 Å². The van der Waals surface area contributed by atoms with Gasteiger partial charge in [-0.25, -0.2) is 0 Å². The third kappa shape index (κ3) is 6.99. The summed E-state index contributed by atoms with van der Waals surface area (Å²) in [5.74, 6) is 0.957. The van der Waals surface area contributed by atoms with E-state index in [2.05, 4.69) is 32.0 Å². The molecule has 1 aromatic rings. The highest BCUT2D eigenvalue weighted by Crippen LogP contribution is 2.28. The lowest BCUT2D eigenvalue weighted by Gasteiger charge is -2.17. The average Bonchev–Trinajstić information content (AvgIpc) is 2.48. The summed E-state index contributed by atoms with van der Waals surface area (Å²) in [6, 6.07) is 6.42. The molecule has 0 aliphatic rings. The molecule has 21 heavy (non-hydrogen) atoms. The zero-order chi connectivity index (χ0) is 15.5. The van der Waals surface area contributed by atoms with Gasteiger partial charge in [-0.1, -0.05) is 69.6 Å². The van der Waals surface area contributed by atoms with Crippen LogP contribution in [0.25, 0.3) is 0 Å². The molecule has 1 aromatic carbocycles. The van der Waals surface area contributed by atoms with Crippen molar-refractivity contribution in [1.82, 2.24) is 0 Å². The first kappa shape index (κ1) is 18.0. The fourth-order valence-electron chi connectivity index (χ4n) is 2.72. The van der Waals surface area contributed by atoms with Crippen LogP contribution in [0.3, 0.4) is 0 Å². The monoisotopic (exact) mass is 291 g/mol. The molecule has 0 aromatic heterocycles.